The van der Waals surface area contributed by atoms with Crippen molar-refractivity contribution < 1.29 is 14.3 Å². The van der Waals surface area contributed by atoms with Crippen molar-refractivity contribution in [1.29, 1.82) is 0 Å². The molecule has 4 rings (SSSR count). The topological polar surface area (TPSA) is 78.2 Å². The summed E-state index contributed by atoms with van der Waals surface area (Å²) in [4.78, 5) is 33.7. The van der Waals surface area contributed by atoms with Gasteiger partial charge in [-0.1, -0.05) is 25.1 Å². The number of benzene rings is 1. The number of aromatic nitrogens is 2. The summed E-state index contributed by atoms with van der Waals surface area (Å²) < 4.78 is 4.90. The zero-order valence-corrected chi connectivity index (χ0v) is 17.2. The summed E-state index contributed by atoms with van der Waals surface area (Å²) in [6.07, 6.45) is 4.61. The molecule has 1 fully saturated rings. The Morgan fingerprint density at radius 2 is 1.93 bits per heavy atom. The van der Waals surface area contributed by atoms with Crippen molar-refractivity contribution >= 4 is 22.8 Å². The number of para-hydroxylation sites is 1. The van der Waals surface area contributed by atoms with Crippen molar-refractivity contribution in [2.45, 2.75) is 39.0 Å². The van der Waals surface area contributed by atoms with Crippen molar-refractivity contribution in [2.75, 3.05) is 20.2 Å². The quantitative estimate of drug-likeness (QED) is 0.653. The molecule has 0 unspecified atom stereocenters. The van der Waals surface area contributed by atoms with Gasteiger partial charge >= 0.3 is 5.97 Å². The number of likely N-dealkylation sites (tertiary alicyclic amines) is 1. The summed E-state index contributed by atoms with van der Waals surface area (Å²) >= 11 is 0. The fraction of sp³-hybridized carbons (Fsp3) is 0.391. The zero-order chi connectivity index (χ0) is 20.5. The Morgan fingerprint density at radius 3 is 2.62 bits per heavy atom. The van der Waals surface area contributed by atoms with Gasteiger partial charge in [-0.3, -0.25) is 4.79 Å². The van der Waals surface area contributed by atoms with Crippen molar-refractivity contribution in [3.63, 3.8) is 0 Å². The van der Waals surface area contributed by atoms with E-state index in [4.69, 9.17) is 4.74 Å². The molecule has 1 aliphatic rings. The van der Waals surface area contributed by atoms with Crippen LogP contribution < -0.4 is 0 Å². The number of methoxy groups -OCH3 is 1. The standard InChI is InChI=1S/C23H27N3O3/c1-4-18-20(23(28)29-3)14(2)21(25-18)22(27)26-11-9-15(10-12-26)17-13-24-19-8-6-5-7-16(17)19/h5-8,13,15,24-25H,4,9-12H2,1-3H3. The molecule has 0 bridgehead atoms. The summed E-state index contributed by atoms with van der Waals surface area (Å²) in [5.41, 5.74) is 4.93. The molecule has 0 radical (unpaired) electrons. The zero-order valence-electron chi connectivity index (χ0n) is 17.2. The van der Waals surface area contributed by atoms with Gasteiger partial charge in [0.1, 0.15) is 5.69 Å². The van der Waals surface area contributed by atoms with E-state index in [0.29, 0.717) is 42.2 Å². The number of fused-ring (bicyclic) bond motifs is 1. The van der Waals surface area contributed by atoms with Gasteiger partial charge in [0.15, 0.2) is 0 Å². The van der Waals surface area contributed by atoms with Gasteiger partial charge < -0.3 is 19.6 Å². The number of nitrogens with zero attached hydrogens (tertiary/aromatic N) is 1. The molecular formula is C23H27N3O3. The molecule has 1 aromatic carbocycles. The Bertz CT molecular complexity index is 1050. The molecule has 2 N–H and O–H groups in total. The van der Waals surface area contributed by atoms with Gasteiger partial charge in [0, 0.05) is 35.9 Å². The number of carbonyl (C=O) groups is 2. The molecule has 1 saturated heterocycles. The largest absolute Gasteiger partial charge is 0.465 e. The maximum absolute atomic E-state index is 13.2. The average molecular weight is 393 g/mol. The van der Waals surface area contributed by atoms with E-state index in [9.17, 15) is 9.59 Å². The lowest BCUT2D eigenvalue weighted by Gasteiger charge is -2.32. The fourth-order valence-corrected chi connectivity index (χ4v) is 4.50. The van der Waals surface area contributed by atoms with Crippen molar-refractivity contribution in [1.82, 2.24) is 14.9 Å². The molecule has 152 valence electrons. The number of rotatable bonds is 4. The van der Waals surface area contributed by atoms with E-state index in [0.717, 1.165) is 24.1 Å². The van der Waals surface area contributed by atoms with Crippen LogP contribution in [0.15, 0.2) is 30.5 Å². The first-order chi connectivity index (χ1) is 14.0. The van der Waals surface area contributed by atoms with Gasteiger partial charge in [-0.2, -0.15) is 0 Å². The van der Waals surface area contributed by atoms with Crippen LogP contribution in [0.1, 0.15) is 63.4 Å². The van der Waals surface area contributed by atoms with Gasteiger partial charge in [0.2, 0.25) is 0 Å². The molecule has 3 aromatic rings. The van der Waals surface area contributed by atoms with Crippen LogP contribution in [0.5, 0.6) is 0 Å². The predicted molar refractivity (Wildman–Crippen MR) is 112 cm³/mol. The molecule has 6 nitrogen and oxygen atoms in total. The SMILES string of the molecule is CCc1[nH]c(C(=O)N2CCC(c3c[nH]c4ccccc34)CC2)c(C)c1C(=O)OC. The highest BCUT2D eigenvalue weighted by molar-refractivity contribution is 6.00. The number of hydrogen-bond acceptors (Lipinski definition) is 3. The fourth-order valence-electron chi connectivity index (χ4n) is 4.50. The van der Waals surface area contributed by atoms with Crippen LogP contribution in [0, 0.1) is 6.92 Å². The van der Waals surface area contributed by atoms with Gasteiger partial charge in [0.25, 0.3) is 5.91 Å². The predicted octanol–water partition coefficient (Wildman–Crippen LogP) is 4.17. The smallest absolute Gasteiger partial charge is 0.339 e. The van der Waals surface area contributed by atoms with E-state index >= 15 is 0 Å². The Balaban J connectivity index is 1.51. The Hall–Kier alpha value is -3.02. The minimum absolute atomic E-state index is 0.0373. The second-order valence-corrected chi connectivity index (χ2v) is 7.68. The van der Waals surface area contributed by atoms with Crippen LogP contribution in [-0.4, -0.2) is 46.9 Å². The molecular weight excluding hydrogens is 366 g/mol. The van der Waals surface area contributed by atoms with Crippen LogP contribution in [0.25, 0.3) is 10.9 Å². The lowest BCUT2D eigenvalue weighted by molar-refractivity contribution is 0.0599. The summed E-state index contributed by atoms with van der Waals surface area (Å²) in [6, 6.07) is 8.35. The Kier molecular flexibility index (Phi) is 5.18. The van der Waals surface area contributed by atoms with Gasteiger partial charge in [-0.15, -0.1) is 0 Å². The van der Waals surface area contributed by atoms with E-state index in [1.807, 2.05) is 24.8 Å². The number of nitrogens with one attached hydrogen (secondary N) is 2. The number of carbonyl (C=O) groups excluding carboxylic acids is 2. The van der Waals surface area contributed by atoms with E-state index in [1.54, 1.807) is 0 Å². The van der Waals surface area contributed by atoms with Crippen molar-refractivity contribution in [2.24, 2.45) is 0 Å². The monoisotopic (exact) mass is 393 g/mol. The van der Waals surface area contributed by atoms with E-state index in [2.05, 4.69) is 34.4 Å². The van der Waals surface area contributed by atoms with Crippen molar-refractivity contribution in [3.05, 3.63) is 58.5 Å². The Morgan fingerprint density at radius 1 is 1.21 bits per heavy atom. The van der Waals surface area contributed by atoms with Crippen LogP contribution in [0.3, 0.4) is 0 Å². The summed E-state index contributed by atoms with van der Waals surface area (Å²) in [5, 5.41) is 1.27. The lowest BCUT2D eigenvalue weighted by Crippen LogP contribution is -2.38. The lowest BCUT2D eigenvalue weighted by atomic mass is 9.89. The number of esters is 1. The summed E-state index contributed by atoms with van der Waals surface area (Å²) in [6.45, 7) is 5.18. The minimum atomic E-state index is -0.396. The van der Waals surface area contributed by atoms with Crippen LogP contribution in [-0.2, 0) is 11.2 Å². The highest BCUT2D eigenvalue weighted by Crippen LogP contribution is 2.33. The first kappa shape index (κ1) is 19.3. The molecule has 29 heavy (non-hydrogen) atoms. The van der Waals surface area contributed by atoms with E-state index in [-0.39, 0.29) is 5.91 Å². The third-order valence-electron chi connectivity index (χ3n) is 6.13. The third kappa shape index (κ3) is 3.33. The number of amides is 1. The maximum atomic E-state index is 13.2. The van der Waals surface area contributed by atoms with Gasteiger partial charge in [0.05, 0.1) is 12.7 Å². The minimum Gasteiger partial charge on any atom is -0.465 e. The molecule has 0 atom stereocenters. The average Bonchev–Trinajstić information content (AvgIpc) is 3.34. The normalized spacial score (nSPS) is 15.1. The molecule has 6 heteroatoms. The van der Waals surface area contributed by atoms with Gasteiger partial charge in [-0.25, -0.2) is 4.79 Å². The first-order valence-corrected chi connectivity index (χ1v) is 10.2. The van der Waals surface area contributed by atoms with Crippen molar-refractivity contribution in [3.8, 4) is 0 Å². The highest BCUT2D eigenvalue weighted by atomic mass is 16.5. The molecule has 1 aliphatic heterocycles. The summed E-state index contributed by atoms with van der Waals surface area (Å²) in [7, 11) is 1.37. The maximum Gasteiger partial charge on any atom is 0.339 e. The van der Waals surface area contributed by atoms with E-state index < -0.39 is 5.97 Å². The van der Waals surface area contributed by atoms with Gasteiger partial charge in [-0.05, 0) is 49.3 Å². The number of ether oxygens (including phenoxy) is 1. The third-order valence-corrected chi connectivity index (χ3v) is 6.13. The Labute approximate surface area is 170 Å². The molecule has 0 aliphatic carbocycles. The molecule has 0 saturated carbocycles. The molecule has 3 heterocycles. The van der Waals surface area contributed by atoms with E-state index in [1.165, 1.54) is 18.1 Å². The number of hydrogen-bond donors (Lipinski definition) is 2. The number of piperidine rings is 1. The molecule has 1 amide bonds. The molecule has 2 aromatic heterocycles. The number of H-pyrrole nitrogens is 2. The van der Waals surface area contributed by atoms with Crippen LogP contribution in [0.2, 0.25) is 0 Å². The number of aromatic amines is 2. The molecule has 0 spiro atoms. The van der Waals surface area contributed by atoms with Crippen LogP contribution in [0.4, 0.5) is 0 Å². The second-order valence-electron chi connectivity index (χ2n) is 7.68. The van der Waals surface area contributed by atoms with Crippen LogP contribution >= 0.6 is 0 Å². The number of aryl methyl sites for hydroxylation is 1. The summed E-state index contributed by atoms with van der Waals surface area (Å²) in [5.74, 6) is 0.00851. The highest BCUT2D eigenvalue weighted by Gasteiger charge is 2.30. The first-order valence-electron chi connectivity index (χ1n) is 10.2. The second kappa shape index (κ2) is 7.78.